The Labute approximate surface area is 75.7 Å². The van der Waals surface area contributed by atoms with E-state index in [0.29, 0.717) is 0 Å². The lowest BCUT2D eigenvalue weighted by molar-refractivity contribution is 0.136. The van der Waals surface area contributed by atoms with Gasteiger partial charge in [0.1, 0.15) is 0 Å². The van der Waals surface area contributed by atoms with Gasteiger partial charge in [0, 0.05) is 0 Å². The Kier molecular flexibility index (Phi) is 1.70. The van der Waals surface area contributed by atoms with Crippen LogP contribution in [0.5, 0.6) is 0 Å². The molecule has 0 N–H and O–H groups in total. The first-order chi connectivity index (χ1) is 5.95. The molecule has 0 amide bonds. The van der Waals surface area contributed by atoms with Crippen molar-refractivity contribution in [1.82, 2.24) is 0 Å². The first-order valence-electron chi connectivity index (χ1n) is 5.95. The molecular weight excluding hydrogens is 144 g/mol. The third-order valence-corrected chi connectivity index (χ3v) is 4.89. The first kappa shape index (κ1) is 7.41. The minimum atomic E-state index is 1.17. The van der Waals surface area contributed by atoms with Crippen LogP contribution >= 0.6 is 0 Å². The molecule has 0 heteroatoms. The maximum Gasteiger partial charge on any atom is -0.0355 e. The minimum absolute atomic E-state index is 1.17. The van der Waals surface area contributed by atoms with Crippen molar-refractivity contribution in [3.05, 3.63) is 0 Å². The molecule has 0 aliphatic heterocycles. The maximum atomic E-state index is 1.59. The number of hydrogen-bond donors (Lipinski definition) is 0. The van der Waals surface area contributed by atoms with Crippen molar-refractivity contribution in [3.63, 3.8) is 0 Å². The predicted octanol–water partition coefficient (Wildman–Crippen LogP) is 3.61. The second kappa shape index (κ2) is 2.75. The monoisotopic (exact) mass is 164 g/mol. The molecule has 3 rings (SSSR count). The second-order valence-corrected chi connectivity index (χ2v) is 5.29. The number of fused-ring (bicyclic) bond motifs is 3. The van der Waals surface area contributed by atoms with Gasteiger partial charge in [0.05, 0.1) is 0 Å². The molecule has 0 bridgehead atoms. The van der Waals surface area contributed by atoms with Crippen molar-refractivity contribution in [1.29, 1.82) is 0 Å². The van der Waals surface area contributed by atoms with E-state index >= 15 is 0 Å². The van der Waals surface area contributed by atoms with Crippen LogP contribution < -0.4 is 0 Å². The van der Waals surface area contributed by atoms with Crippen molar-refractivity contribution in [3.8, 4) is 0 Å². The highest BCUT2D eigenvalue weighted by Gasteiger charge is 2.43. The summed E-state index contributed by atoms with van der Waals surface area (Å²) in [5, 5.41) is 0. The molecule has 0 spiro atoms. The van der Waals surface area contributed by atoms with E-state index in [1.807, 2.05) is 0 Å². The highest BCUT2D eigenvalue weighted by Crippen LogP contribution is 2.53. The lowest BCUT2D eigenvalue weighted by atomic mass is 9.69. The van der Waals surface area contributed by atoms with Gasteiger partial charge in [-0.05, 0) is 49.4 Å². The van der Waals surface area contributed by atoms with Gasteiger partial charge in [-0.25, -0.2) is 0 Å². The van der Waals surface area contributed by atoms with Gasteiger partial charge in [0.2, 0.25) is 0 Å². The van der Waals surface area contributed by atoms with Gasteiger partial charge < -0.3 is 0 Å². The van der Waals surface area contributed by atoms with Gasteiger partial charge in [-0.2, -0.15) is 0 Å². The van der Waals surface area contributed by atoms with Crippen LogP contribution in [0.4, 0.5) is 0 Å². The van der Waals surface area contributed by atoms with Crippen LogP contribution in [0.2, 0.25) is 0 Å². The van der Waals surface area contributed by atoms with E-state index in [-0.39, 0.29) is 0 Å². The van der Waals surface area contributed by atoms with Crippen LogP contribution in [0.1, 0.15) is 51.4 Å². The lowest BCUT2D eigenvalue weighted by Gasteiger charge is -2.36. The zero-order valence-electron chi connectivity index (χ0n) is 7.97. The standard InChI is InChI=1S/C12H20/c1-3-9-7-8-10-4-2-6-12(10)11(9)5-1/h9-12H,1-8H2/t9-,10+,11-,12+. The van der Waals surface area contributed by atoms with Crippen molar-refractivity contribution in [2.75, 3.05) is 0 Å². The Bertz CT molecular complexity index is 153. The summed E-state index contributed by atoms with van der Waals surface area (Å²) < 4.78 is 0. The summed E-state index contributed by atoms with van der Waals surface area (Å²) in [6, 6.07) is 0. The fourth-order valence-corrected chi connectivity index (χ4v) is 4.40. The molecule has 0 radical (unpaired) electrons. The van der Waals surface area contributed by atoms with E-state index in [9.17, 15) is 0 Å². The highest BCUT2D eigenvalue weighted by atomic mass is 14.5. The van der Waals surface area contributed by atoms with Crippen LogP contribution in [0.15, 0.2) is 0 Å². The first-order valence-corrected chi connectivity index (χ1v) is 5.95. The Morgan fingerprint density at radius 1 is 0.500 bits per heavy atom. The molecular formula is C12H20. The quantitative estimate of drug-likeness (QED) is 0.513. The van der Waals surface area contributed by atoms with Crippen molar-refractivity contribution >= 4 is 0 Å². The predicted molar refractivity (Wildman–Crippen MR) is 50.9 cm³/mol. The van der Waals surface area contributed by atoms with E-state index in [4.69, 9.17) is 0 Å². The summed E-state index contributed by atoms with van der Waals surface area (Å²) in [6.45, 7) is 0. The summed E-state index contributed by atoms with van der Waals surface area (Å²) in [5.41, 5.74) is 0. The fraction of sp³-hybridized carbons (Fsp3) is 1.00. The molecule has 0 aromatic rings. The third kappa shape index (κ3) is 0.963. The molecule has 3 aliphatic carbocycles. The van der Waals surface area contributed by atoms with E-state index in [2.05, 4.69) is 0 Å². The van der Waals surface area contributed by atoms with Crippen LogP contribution in [-0.4, -0.2) is 0 Å². The van der Waals surface area contributed by atoms with E-state index < -0.39 is 0 Å². The molecule has 68 valence electrons. The third-order valence-electron chi connectivity index (χ3n) is 4.89. The van der Waals surface area contributed by atoms with Gasteiger partial charge in [-0.3, -0.25) is 0 Å². The van der Waals surface area contributed by atoms with Crippen molar-refractivity contribution in [2.24, 2.45) is 23.7 Å². The van der Waals surface area contributed by atoms with Crippen molar-refractivity contribution < 1.29 is 0 Å². The lowest BCUT2D eigenvalue weighted by Crippen LogP contribution is -2.28. The zero-order valence-corrected chi connectivity index (χ0v) is 7.97. The number of rotatable bonds is 0. The Balaban J connectivity index is 1.81. The normalized spacial score (nSPS) is 52.0. The summed E-state index contributed by atoms with van der Waals surface area (Å²) in [5.74, 6) is 4.71. The SMILES string of the molecule is C1C[C@@H]2CC[C@@H]3CCC[C@@H]3[C@@H]2C1. The Hall–Kier alpha value is 0. The van der Waals surface area contributed by atoms with Gasteiger partial charge in [0.25, 0.3) is 0 Å². The van der Waals surface area contributed by atoms with Gasteiger partial charge in [-0.1, -0.05) is 25.7 Å². The largest absolute Gasteiger partial charge is 0.0527 e. The molecule has 0 aromatic heterocycles. The van der Waals surface area contributed by atoms with E-state index in [0.717, 1.165) is 0 Å². The molecule has 3 aliphatic rings. The summed E-state index contributed by atoms with van der Waals surface area (Å²) in [6.07, 6.45) is 12.6. The summed E-state index contributed by atoms with van der Waals surface area (Å²) >= 11 is 0. The minimum Gasteiger partial charge on any atom is -0.0527 e. The van der Waals surface area contributed by atoms with E-state index in [1.165, 1.54) is 23.7 Å². The van der Waals surface area contributed by atoms with Crippen molar-refractivity contribution in [2.45, 2.75) is 51.4 Å². The topological polar surface area (TPSA) is 0 Å². The molecule has 4 atom stereocenters. The summed E-state index contributed by atoms with van der Waals surface area (Å²) in [4.78, 5) is 0. The average Bonchev–Trinajstić information content (AvgIpc) is 2.71. The molecule has 0 nitrogen and oxygen atoms in total. The van der Waals surface area contributed by atoms with Crippen LogP contribution in [0.3, 0.4) is 0 Å². The molecule has 3 fully saturated rings. The molecule has 12 heavy (non-hydrogen) atoms. The molecule has 0 aromatic carbocycles. The average molecular weight is 164 g/mol. The van der Waals surface area contributed by atoms with Crippen LogP contribution in [0, 0.1) is 23.7 Å². The molecule has 3 saturated carbocycles. The van der Waals surface area contributed by atoms with Gasteiger partial charge >= 0.3 is 0 Å². The Morgan fingerprint density at radius 3 is 1.50 bits per heavy atom. The van der Waals surface area contributed by atoms with E-state index in [1.54, 1.807) is 51.4 Å². The zero-order chi connectivity index (χ0) is 7.97. The number of hydrogen-bond acceptors (Lipinski definition) is 0. The second-order valence-electron chi connectivity index (χ2n) is 5.29. The summed E-state index contributed by atoms with van der Waals surface area (Å²) in [7, 11) is 0. The molecule has 0 saturated heterocycles. The Morgan fingerprint density at radius 2 is 1.00 bits per heavy atom. The van der Waals surface area contributed by atoms with Gasteiger partial charge in [-0.15, -0.1) is 0 Å². The van der Waals surface area contributed by atoms with Crippen LogP contribution in [0.25, 0.3) is 0 Å². The molecule has 0 unspecified atom stereocenters. The molecule has 0 heterocycles. The smallest absolute Gasteiger partial charge is 0.0355 e. The van der Waals surface area contributed by atoms with Crippen LogP contribution in [-0.2, 0) is 0 Å². The fourth-order valence-electron chi connectivity index (χ4n) is 4.40. The maximum absolute atomic E-state index is 1.59. The highest BCUT2D eigenvalue weighted by molar-refractivity contribution is 4.93. The van der Waals surface area contributed by atoms with Gasteiger partial charge in [0.15, 0.2) is 0 Å².